The van der Waals surface area contributed by atoms with E-state index in [0.29, 0.717) is 17.1 Å². The van der Waals surface area contributed by atoms with E-state index in [4.69, 9.17) is 4.74 Å². The Labute approximate surface area is 138 Å². The Morgan fingerprint density at radius 1 is 1.24 bits per heavy atom. The van der Waals surface area contributed by atoms with Crippen LogP contribution >= 0.6 is 31.9 Å². The quantitative estimate of drug-likeness (QED) is 0.564. The SMILES string of the molecule is CC(O)c1ccc(Br)cc1Oc1cccc([N+](=O)[O-])c1Br. The molecule has 0 aliphatic heterocycles. The molecule has 0 fully saturated rings. The molecule has 0 radical (unpaired) electrons. The number of hydrogen-bond acceptors (Lipinski definition) is 4. The molecule has 1 atom stereocenters. The molecule has 2 aromatic carbocycles. The first kappa shape index (κ1) is 15.9. The lowest BCUT2D eigenvalue weighted by atomic mass is 10.1. The zero-order valence-electron chi connectivity index (χ0n) is 10.9. The van der Waals surface area contributed by atoms with Crippen LogP contribution in [0.15, 0.2) is 45.3 Å². The van der Waals surface area contributed by atoms with Gasteiger partial charge in [0.1, 0.15) is 16.0 Å². The van der Waals surface area contributed by atoms with Gasteiger partial charge in [0.25, 0.3) is 5.69 Å². The van der Waals surface area contributed by atoms with Crippen molar-refractivity contribution in [3.63, 3.8) is 0 Å². The van der Waals surface area contributed by atoms with E-state index < -0.39 is 11.0 Å². The highest BCUT2D eigenvalue weighted by molar-refractivity contribution is 9.11. The molecule has 0 spiro atoms. The van der Waals surface area contributed by atoms with E-state index in [-0.39, 0.29) is 10.2 Å². The Morgan fingerprint density at radius 3 is 2.57 bits per heavy atom. The molecule has 5 nitrogen and oxygen atoms in total. The molecule has 0 aliphatic rings. The summed E-state index contributed by atoms with van der Waals surface area (Å²) < 4.78 is 6.77. The third-order valence-corrected chi connectivity index (χ3v) is 4.08. The summed E-state index contributed by atoms with van der Waals surface area (Å²) in [6.45, 7) is 1.62. The molecule has 0 aromatic heterocycles. The van der Waals surface area contributed by atoms with Crippen LogP contribution in [0.4, 0.5) is 5.69 Å². The van der Waals surface area contributed by atoms with Crippen molar-refractivity contribution in [2.75, 3.05) is 0 Å². The van der Waals surface area contributed by atoms with Crippen LogP contribution in [0.5, 0.6) is 11.5 Å². The summed E-state index contributed by atoms with van der Waals surface area (Å²) in [6, 6.07) is 9.76. The lowest BCUT2D eigenvalue weighted by Gasteiger charge is -2.14. The van der Waals surface area contributed by atoms with Gasteiger partial charge >= 0.3 is 0 Å². The summed E-state index contributed by atoms with van der Waals surface area (Å²) in [5.41, 5.74) is 0.512. The molecule has 1 N–H and O–H groups in total. The van der Waals surface area contributed by atoms with Gasteiger partial charge in [-0.2, -0.15) is 0 Å². The molecule has 1 unspecified atom stereocenters. The zero-order valence-corrected chi connectivity index (χ0v) is 14.1. The average molecular weight is 417 g/mol. The van der Waals surface area contributed by atoms with Crippen molar-refractivity contribution in [2.24, 2.45) is 0 Å². The second-order valence-corrected chi connectivity index (χ2v) is 6.02. The van der Waals surface area contributed by atoms with Gasteiger partial charge in [-0.1, -0.05) is 28.1 Å². The maximum absolute atomic E-state index is 10.9. The van der Waals surface area contributed by atoms with Crippen molar-refractivity contribution >= 4 is 37.5 Å². The third kappa shape index (κ3) is 3.61. The van der Waals surface area contributed by atoms with E-state index in [1.807, 2.05) is 0 Å². The highest BCUT2D eigenvalue weighted by Gasteiger charge is 2.18. The molecule has 2 aromatic rings. The normalized spacial score (nSPS) is 12.0. The number of ether oxygens (including phenoxy) is 1. The van der Waals surface area contributed by atoms with E-state index in [0.717, 1.165) is 4.47 Å². The van der Waals surface area contributed by atoms with Gasteiger partial charge in [-0.3, -0.25) is 10.1 Å². The Hall–Kier alpha value is -1.44. The molecule has 0 aliphatic carbocycles. The molecule has 0 bridgehead atoms. The minimum absolute atomic E-state index is 0.0823. The lowest BCUT2D eigenvalue weighted by molar-refractivity contribution is -0.385. The number of benzene rings is 2. The second kappa shape index (κ2) is 6.55. The molecular formula is C14H11Br2NO4. The van der Waals surface area contributed by atoms with Gasteiger partial charge in [0.15, 0.2) is 0 Å². The first-order chi connectivity index (χ1) is 9.90. The van der Waals surface area contributed by atoms with Crippen LogP contribution in [0.2, 0.25) is 0 Å². The van der Waals surface area contributed by atoms with Gasteiger partial charge in [-0.05, 0) is 41.1 Å². The Bertz CT molecular complexity index is 689. The fraction of sp³-hybridized carbons (Fsp3) is 0.143. The minimum atomic E-state index is -0.717. The van der Waals surface area contributed by atoms with Crippen molar-refractivity contribution in [3.8, 4) is 11.5 Å². The van der Waals surface area contributed by atoms with Crippen molar-refractivity contribution in [1.29, 1.82) is 0 Å². The van der Waals surface area contributed by atoms with Crippen molar-refractivity contribution < 1.29 is 14.8 Å². The zero-order chi connectivity index (χ0) is 15.6. The number of halogens is 2. The second-order valence-electron chi connectivity index (χ2n) is 4.31. The number of nitro benzene ring substituents is 1. The number of rotatable bonds is 4. The molecule has 7 heteroatoms. The summed E-state index contributed by atoms with van der Waals surface area (Å²) in [5, 5.41) is 20.7. The summed E-state index contributed by atoms with van der Waals surface area (Å²) in [7, 11) is 0. The molecule has 110 valence electrons. The van der Waals surface area contributed by atoms with Crippen LogP contribution in [-0.2, 0) is 0 Å². The van der Waals surface area contributed by atoms with E-state index in [1.54, 1.807) is 31.2 Å². The smallest absolute Gasteiger partial charge is 0.287 e. The first-order valence-corrected chi connectivity index (χ1v) is 7.57. The topological polar surface area (TPSA) is 72.6 Å². The largest absolute Gasteiger partial charge is 0.455 e. The van der Waals surface area contributed by atoms with Crippen LogP contribution in [0.1, 0.15) is 18.6 Å². The van der Waals surface area contributed by atoms with Crippen LogP contribution in [-0.4, -0.2) is 10.0 Å². The van der Waals surface area contributed by atoms with E-state index in [9.17, 15) is 15.2 Å². The van der Waals surface area contributed by atoms with Crippen molar-refractivity contribution in [3.05, 3.63) is 61.0 Å². The number of nitro groups is 1. The standard InChI is InChI=1S/C14H11Br2NO4/c1-8(18)10-6-5-9(15)7-13(10)21-12-4-2-3-11(14(12)16)17(19)20/h2-8,18H,1H3. The van der Waals surface area contributed by atoms with Gasteiger partial charge in [0.05, 0.1) is 11.0 Å². The van der Waals surface area contributed by atoms with Crippen LogP contribution < -0.4 is 4.74 Å². The van der Waals surface area contributed by atoms with Crippen molar-refractivity contribution in [2.45, 2.75) is 13.0 Å². The van der Waals surface area contributed by atoms with Gasteiger partial charge in [-0.15, -0.1) is 0 Å². The molecule has 0 heterocycles. The summed E-state index contributed by atoms with van der Waals surface area (Å²) in [5.74, 6) is 0.741. The average Bonchev–Trinajstić information content (AvgIpc) is 2.40. The van der Waals surface area contributed by atoms with Gasteiger partial charge in [0, 0.05) is 16.1 Å². The monoisotopic (exact) mass is 415 g/mol. The maximum Gasteiger partial charge on any atom is 0.287 e. The van der Waals surface area contributed by atoms with Crippen molar-refractivity contribution in [1.82, 2.24) is 0 Å². The van der Waals surface area contributed by atoms with E-state index >= 15 is 0 Å². The highest BCUT2D eigenvalue weighted by Crippen LogP contribution is 2.39. The summed E-state index contributed by atoms with van der Waals surface area (Å²) in [4.78, 5) is 10.4. The molecule has 0 saturated carbocycles. The third-order valence-electron chi connectivity index (χ3n) is 2.79. The predicted molar refractivity (Wildman–Crippen MR) is 85.6 cm³/mol. The Kier molecular flexibility index (Phi) is 4.97. The van der Waals surface area contributed by atoms with Gasteiger partial charge < -0.3 is 9.84 Å². The Morgan fingerprint density at radius 2 is 1.95 bits per heavy atom. The minimum Gasteiger partial charge on any atom is -0.455 e. The molecule has 0 saturated heterocycles. The lowest BCUT2D eigenvalue weighted by Crippen LogP contribution is -1.97. The van der Waals surface area contributed by atoms with E-state index in [1.165, 1.54) is 12.1 Å². The van der Waals surface area contributed by atoms with Crippen LogP contribution in [0.3, 0.4) is 0 Å². The fourth-order valence-corrected chi connectivity index (χ4v) is 2.61. The highest BCUT2D eigenvalue weighted by atomic mass is 79.9. The summed E-state index contributed by atoms with van der Waals surface area (Å²) >= 11 is 6.51. The van der Waals surface area contributed by atoms with E-state index in [2.05, 4.69) is 31.9 Å². The molecular weight excluding hydrogens is 406 g/mol. The number of hydrogen-bond donors (Lipinski definition) is 1. The van der Waals surface area contributed by atoms with Gasteiger partial charge in [0.2, 0.25) is 0 Å². The molecule has 2 rings (SSSR count). The maximum atomic E-state index is 10.9. The van der Waals surface area contributed by atoms with Crippen LogP contribution in [0.25, 0.3) is 0 Å². The summed E-state index contributed by atoms with van der Waals surface area (Å²) in [6.07, 6.45) is -0.717. The first-order valence-electron chi connectivity index (χ1n) is 5.98. The molecule has 21 heavy (non-hydrogen) atoms. The predicted octanol–water partition coefficient (Wildman–Crippen LogP) is 4.97. The molecule has 0 amide bonds. The fourth-order valence-electron chi connectivity index (χ4n) is 1.78. The number of nitrogens with zero attached hydrogens (tertiary/aromatic N) is 1. The Balaban J connectivity index is 2.46. The van der Waals surface area contributed by atoms with Crippen LogP contribution in [0, 0.1) is 10.1 Å². The number of aliphatic hydroxyl groups excluding tert-OH is 1. The van der Waals surface area contributed by atoms with Gasteiger partial charge in [-0.25, -0.2) is 0 Å². The number of aliphatic hydroxyl groups is 1.